The Kier molecular flexibility index (Phi) is 4.18. The first-order valence-electron chi connectivity index (χ1n) is 9.24. The van der Waals surface area contributed by atoms with E-state index in [0.717, 1.165) is 22.5 Å². The van der Waals surface area contributed by atoms with Crippen molar-refractivity contribution in [2.75, 3.05) is 11.4 Å². The predicted molar refractivity (Wildman–Crippen MR) is 109 cm³/mol. The highest BCUT2D eigenvalue weighted by atomic mass is 32.1. The summed E-state index contributed by atoms with van der Waals surface area (Å²) in [6, 6.07) is 11.6. The second-order valence-corrected chi connectivity index (χ2v) is 8.22. The number of hydrogen-bond acceptors (Lipinski definition) is 4. The molecule has 0 aliphatic carbocycles. The molecule has 4 heterocycles. The zero-order valence-electron chi connectivity index (χ0n) is 15.7. The average Bonchev–Trinajstić information content (AvgIpc) is 3.38. The topological polar surface area (TPSA) is 51.0 Å². The number of aromatic nitrogens is 3. The van der Waals surface area contributed by atoms with Gasteiger partial charge in [-0.2, -0.15) is 18.3 Å². The van der Waals surface area contributed by atoms with Gasteiger partial charge in [-0.25, -0.2) is 0 Å². The normalized spacial score (nSPS) is 16.9. The molecule has 1 atom stereocenters. The number of nitrogens with zero attached hydrogens (tertiary/aromatic N) is 4. The first-order valence-corrected chi connectivity index (χ1v) is 10.1. The van der Waals surface area contributed by atoms with E-state index >= 15 is 0 Å². The average molecular weight is 428 g/mol. The second-order valence-electron chi connectivity index (χ2n) is 7.16. The highest BCUT2D eigenvalue weighted by Crippen LogP contribution is 2.40. The molecule has 0 bridgehead atoms. The van der Waals surface area contributed by atoms with Crippen molar-refractivity contribution in [1.82, 2.24) is 14.8 Å². The minimum Gasteiger partial charge on any atom is -0.296 e. The molecular formula is C21H15F3N4OS. The van der Waals surface area contributed by atoms with Gasteiger partial charge >= 0.3 is 6.18 Å². The number of halogens is 3. The number of anilines is 1. The van der Waals surface area contributed by atoms with Gasteiger partial charge in [0.1, 0.15) is 10.6 Å². The molecule has 0 fully saturated rings. The van der Waals surface area contributed by atoms with Gasteiger partial charge in [0.05, 0.1) is 22.8 Å². The molecule has 0 spiro atoms. The summed E-state index contributed by atoms with van der Waals surface area (Å²) in [5, 5.41) is 5.60. The molecule has 0 saturated heterocycles. The Bertz CT molecular complexity index is 1280. The molecule has 0 N–H and O–H groups in total. The molecule has 4 aromatic rings. The Morgan fingerprint density at radius 2 is 2.00 bits per heavy atom. The Hall–Kier alpha value is -3.20. The van der Waals surface area contributed by atoms with Gasteiger partial charge in [-0.15, -0.1) is 11.3 Å². The molecule has 0 saturated carbocycles. The molecule has 9 heteroatoms. The van der Waals surface area contributed by atoms with E-state index in [1.54, 1.807) is 17.1 Å². The van der Waals surface area contributed by atoms with E-state index in [4.69, 9.17) is 0 Å². The maximum absolute atomic E-state index is 13.3. The molecule has 5 nitrogen and oxygen atoms in total. The van der Waals surface area contributed by atoms with Crippen LogP contribution < -0.4 is 4.90 Å². The van der Waals surface area contributed by atoms with Crippen molar-refractivity contribution < 1.29 is 18.0 Å². The van der Waals surface area contributed by atoms with Gasteiger partial charge in [-0.3, -0.25) is 19.4 Å². The molecule has 0 unspecified atom stereocenters. The van der Waals surface area contributed by atoms with Crippen molar-refractivity contribution in [3.63, 3.8) is 0 Å². The lowest BCUT2D eigenvalue weighted by molar-refractivity contribution is -0.134. The number of pyridine rings is 1. The smallest absolute Gasteiger partial charge is 0.296 e. The summed E-state index contributed by atoms with van der Waals surface area (Å²) in [5.41, 5.74) is 2.66. The SMILES string of the molecule is C[C@H]1CN(c2ccc(C(F)(F)F)s2)C(=O)c2c(-c3ccc4ncccc4c3)cnn21. The number of fused-ring (bicyclic) bond motifs is 2. The number of rotatable bonds is 2. The maximum atomic E-state index is 13.3. The third kappa shape index (κ3) is 2.97. The maximum Gasteiger partial charge on any atom is 0.425 e. The number of carbonyl (C=O) groups excluding carboxylic acids is 1. The van der Waals surface area contributed by atoms with Crippen LogP contribution in [0, 0.1) is 0 Å². The number of carbonyl (C=O) groups is 1. The number of thiophene rings is 1. The van der Waals surface area contributed by atoms with Gasteiger partial charge in [-0.05, 0) is 42.8 Å². The fourth-order valence-corrected chi connectivity index (χ4v) is 4.61. The second kappa shape index (κ2) is 6.66. The molecule has 152 valence electrons. The van der Waals surface area contributed by atoms with Crippen LogP contribution in [0.25, 0.3) is 22.0 Å². The van der Waals surface area contributed by atoms with E-state index in [-0.39, 0.29) is 23.5 Å². The fourth-order valence-electron chi connectivity index (χ4n) is 3.73. The van der Waals surface area contributed by atoms with Gasteiger partial charge in [-0.1, -0.05) is 12.1 Å². The van der Waals surface area contributed by atoms with Crippen LogP contribution in [0.3, 0.4) is 0 Å². The molecular weight excluding hydrogens is 413 g/mol. The van der Waals surface area contributed by atoms with Crippen molar-refractivity contribution in [3.8, 4) is 11.1 Å². The summed E-state index contributed by atoms with van der Waals surface area (Å²) >= 11 is 0.575. The monoisotopic (exact) mass is 428 g/mol. The molecule has 0 radical (unpaired) electrons. The fraction of sp³-hybridized carbons (Fsp3) is 0.190. The molecule has 1 amide bonds. The first-order chi connectivity index (χ1) is 14.3. The lowest BCUT2D eigenvalue weighted by atomic mass is 10.0. The summed E-state index contributed by atoms with van der Waals surface area (Å²) in [6.45, 7) is 2.15. The predicted octanol–water partition coefficient (Wildman–Crippen LogP) is 5.40. The Morgan fingerprint density at radius 3 is 2.77 bits per heavy atom. The molecule has 1 aromatic carbocycles. The van der Waals surface area contributed by atoms with E-state index in [9.17, 15) is 18.0 Å². The lowest BCUT2D eigenvalue weighted by Crippen LogP contribution is -2.42. The molecule has 1 aliphatic heterocycles. The number of hydrogen-bond donors (Lipinski definition) is 0. The van der Waals surface area contributed by atoms with Crippen LogP contribution in [0.15, 0.2) is 54.9 Å². The highest BCUT2D eigenvalue weighted by molar-refractivity contribution is 7.16. The van der Waals surface area contributed by atoms with E-state index in [1.165, 1.54) is 11.0 Å². The first kappa shape index (κ1) is 18.8. The largest absolute Gasteiger partial charge is 0.425 e. The highest BCUT2D eigenvalue weighted by Gasteiger charge is 2.37. The summed E-state index contributed by atoms with van der Waals surface area (Å²) in [4.78, 5) is 18.3. The van der Waals surface area contributed by atoms with E-state index < -0.39 is 11.1 Å². The van der Waals surface area contributed by atoms with Crippen molar-refractivity contribution in [1.29, 1.82) is 0 Å². The summed E-state index contributed by atoms with van der Waals surface area (Å²) < 4.78 is 40.8. The van der Waals surface area contributed by atoms with Gasteiger partial charge in [0.15, 0.2) is 0 Å². The van der Waals surface area contributed by atoms with Crippen molar-refractivity contribution in [2.45, 2.75) is 19.1 Å². The van der Waals surface area contributed by atoms with Gasteiger partial charge in [0.25, 0.3) is 5.91 Å². The minimum atomic E-state index is -4.43. The standard InChI is InChI=1S/C21H15F3N4OS/c1-12-11-27(18-7-6-17(30-18)21(22,23)24)20(29)19-15(10-26-28(12)19)13-4-5-16-14(9-13)3-2-8-25-16/h2-10,12H,11H2,1H3/t12-/m0/s1. The number of amides is 1. The third-order valence-electron chi connectivity index (χ3n) is 5.16. The lowest BCUT2D eigenvalue weighted by Gasteiger charge is -2.31. The molecule has 30 heavy (non-hydrogen) atoms. The van der Waals surface area contributed by atoms with Crippen molar-refractivity contribution in [3.05, 3.63) is 65.4 Å². The Balaban J connectivity index is 1.58. The van der Waals surface area contributed by atoms with E-state index in [0.29, 0.717) is 22.6 Å². The third-order valence-corrected chi connectivity index (χ3v) is 6.31. The molecule has 3 aromatic heterocycles. The molecule has 5 rings (SSSR count). The van der Waals surface area contributed by atoms with Crippen molar-refractivity contribution in [2.24, 2.45) is 0 Å². The molecule has 1 aliphatic rings. The Labute approximate surface area is 173 Å². The van der Waals surface area contributed by atoms with Crippen LogP contribution in [0.1, 0.15) is 28.3 Å². The summed E-state index contributed by atoms with van der Waals surface area (Å²) in [5.74, 6) is -0.359. The quantitative estimate of drug-likeness (QED) is 0.430. The zero-order valence-corrected chi connectivity index (χ0v) is 16.5. The van der Waals surface area contributed by atoms with Crippen LogP contribution in [0.5, 0.6) is 0 Å². The van der Waals surface area contributed by atoms with Gasteiger partial charge < -0.3 is 0 Å². The summed E-state index contributed by atoms with van der Waals surface area (Å²) in [6.07, 6.45) is -1.08. The summed E-state index contributed by atoms with van der Waals surface area (Å²) in [7, 11) is 0. The van der Waals surface area contributed by atoms with E-state index in [2.05, 4.69) is 10.1 Å². The van der Waals surface area contributed by atoms with Crippen LogP contribution in [-0.2, 0) is 6.18 Å². The Morgan fingerprint density at radius 1 is 1.17 bits per heavy atom. The van der Waals surface area contributed by atoms with Crippen LogP contribution >= 0.6 is 11.3 Å². The number of benzene rings is 1. The van der Waals surface area contributed by atoms with Crippen LogP contribution in [0.2, 0.25) is 0 Å². The van der Waals surface area contributed by atoms with Crippen LogP contribution in [-0.4, -0.2) is 27.2 Å². The van der Waals surface area contributed by atoms with Crippen LogP contribution in [0.4, 0.5) is 18.2 Å². The van der Waals surface area contributed by atoms with E-state index in [1.807, 2.05) is 37.3 Å². The van der Waals surface area contributed by atoms with Gasteiger partial charge in [0.2, 0.25) is 0 Å². The number of alkyl halides is 3. The zero-order chi connectivity index (χ0) is 21.0. The van der Waals surface area contributed by atoms with Gasteiger partial charge in [0, 0.05) is 23.7 Å². The minimum absolute atomic E-state index is 0.176. The van der Waals surface area contributed by atoms with Crippen molar-refractivity contribution >= 4 is 33.1 Å².